The van der Waals surface area contributed by atoms with Crippen molar-refractivity contribution in [2.24, 2.45) is 5.16 Å². The summed E-state index contributed by atoms with van der Waals surface area (Å²) in [4.78, 5) is 0.381. The molecule has 0 aromatic heterocycles. The first-order valence-corrected chi connectivity index (χ1v) is 7.47. The zero-order valence-electron chi connectivity index (χ0n) is 11.9. The SMILES string of the molecule is CCO/C(C)=N/OS(O)(O)c1c(C)cc(C)cc1C. The van der Waals surface area contributed by atoms with Gasteiger partial charge >= 0.3 is 0 Å². The highest BCUT2D eigenvalue weighted by Crippen LogP contribution is 2.52. The van der Waals surface area contributed by atoms with Gasteiger partial charge in [-0.2, -0.15) is 0 Å². The van der Waals surface area contributed by atoms with Crippen molar-refractivity contribution in [2.75, 3.05) is 6.61 Å². The summed E-state index contributed by atoms with van der Waals surface area (Å²) in [5.41, 5.74) is 2.59. The molecule has 0 unspecified atom stereocenters. The smallest absolute Gasteiger partial charge is 0.224 e. The molecule has 1 aromatic carbocycles. The fourth-order valence-electron chi connectivity index (χ4n) is 1.96. The summed E-state index contributed by atoms with van der Waals surface area (Å²) >= 11 is 0. The third-order valence-corrected chi connectivity index (χ3v) is 3.95. The molecule has 0 atom stereocenters. The zero-order chi connectivity index (χ0) is 14.6. The Hall–Kier alpha value is -1.24. The number of oxime groups is 1. The Morgan fingerprint density at radius 2 is 1.74 bits per heavy atom. The predicted octanol–water partition coefficient (Wildman–Crippen LogP) is 4.02. The number of benzene rings is 1. The number of aryl methyl sites for hydroxylation is 3. The fraction of sp³-hybridized carbons (Fsp3) is 0.462. The van der Waals surface area contributed by atoms with Crippen LogP contribution in [-0.4, -0.2) is 21.6 Å². The van der Waals surface area contributed by atoms with Crippen molar-refractivity contribution in [1.29, 1.82) is 0 Å². The van der Waals surface area contributed by atoms with Crippen LogP contribution in [0.15, 0.2) is 22.2 Å². The van der Waals surface area contributed by atoms with Gasteiger partial charge in [0.05, 0.1) is 11.5 Å². The lowest BCUT2D eigenvalue weighted by Crippen LogP contribution is -2.07. The lowest BCUT2D eigenvalue weighted by Gasteiger charge is -2.27. The third kappa shape index (κ3) is 4.12. The second-order valence-corrected chi connectivity index (χ2v) is 5.89. The molecule has 0 heterocycles. The van der Waals surface area contributed by atoms with E-state index in [-0.39, 0.29) is 5.90 Å². The van der Waals surface area contributed by atoms with Crippen molar-refractivity contribution in [3.8, 4) is 0 Å². The summed E-state index contributed by atoms with van der Waals surface area (Å²) in [5, 5.41) is 3.60. The standard InChI is InChI=1S/C13H21NO4S/c1-6-17-12(5)14-18-19(15,16)13-10(3)7-9(2)8-11(13)4/h7-8,15-16H,6H2,1-5H3/b14-12+. The molecule has 0 aliphatic rings. The topological polar surface area (TPSA) is 71.3 Å². The average molecular weight is 287 g/mol. The highest BCUT2D eigenvalue weighted by atomic mass is 32.3. The van der Waals surface area contributed by atoms with Gasteiger partial charge in [0, 0.05) is 6.92 Å². The molecule has 0 saturated heterocycles. The van der Waals surface area contributed by atoms with Crippen molar-refractivity contribution < 1.29 is 18.1 Å². The van der Waals surface area contributed by atoms with Gasteiger partial charge in [0.2, 0.25) is 5.90 Å². The van der Waals surface area contributed by atoms with Gasteiger partial charge in [0.1, 0.15) is 0 Å². The van der Waals surface area contributed by atoms with E-state index in [9.17, 15) is 9.11 Å². The van der Waals surface area contributed by atoms with Crippen molar-refractivity contribution >= 4 is 16.8 Å². The van der Waals surface area contributed by atoms with Gasteiger partial charge in [-0.1, -0.05) is 17.7 Å². The molecule has 108 valence electrons. The maximum atomic E-state index is 10.1. The van der Waals surface area contributed by atoms with Crippen LogP contribution in [0.4, 0.5) is 0 Å². The van der Waals surface area contributed by atoms with Crippen LogP contribution in [-0.2, 0) is 9.02 Å². The Labute approximate surface area is 115 Å². The predicted molar refractivity (Wildman–Crippen MR) is 77.6 cm³/mol. The molecule has 0 bridgehead atoms. The molecule has 5 nitrogen and oxygen atoms in total. The van der Waals surface area contributed by atoms with Crippen LogP contribution in [0.3, 0.4) is 0 Å². The van der Waals surface area contributed by atoms with Gasteiger partial charge in [0.15, 0.2) is 10.9 Å². The van der Waals surface area contributed by atoms with E-state index in [2.05, 4.69) is 5.16 Å². The van der Waals surface area contributed by atoms with Crippen molar-refractivity contribution in [1.82, 2.24) is 0 Å². The molecule has 0 amide bonds. The molecule has 2 N–H and O–H groups in total. The van der Waals surface area contributed by atoms with E-state index in [1.54, 1.807) is 6.92 Å². The number of nitrogens with zero attached hydrogens (tertiary/aromatic N) is 1. The lowest BCUT2D eigenvalue weighted by atomic mass is 10.1. The number of ether oxygens (including phenoxy) is 1. The Morgan fingerprint density at radius 1 is 1.21 bits per heavy atom. The van der Waals surface area contributed by atoms with Crippen LogP contribution in [0.1, 0.15) is 30.5 Å². The van der Waals surface area contributed by atoms with E-state index < -0.39 is 10.9 Å². The van der Waals surface area contributed by atoms with E-state index >= 15 is 0 Å². The Balaban J connectivity index is 3.04. The minimum absolute atomic E-state index is 0.255. The van der Waals surface area contributed by atoms with Crippen LogP contribution in [0.2, 0.25) is 0 Å². The van der Waals surface area contributed by atoms with Crippen LogP contribution in [0.25, 0.3) is 0 Å². The van der Waals surface area contributed by atoms with E-state index in [0.717, 1.165) is 16.7 Å². The molecule has 19 heavy (non-hydrogen) atoms. The maximum Gasteiger partial charge on any atom is 0.224 e. The molecule has 0 aliphatic heterocycles. The zero-order valence-corrected chi connectivity index (χ0v) is 12.7. The monoisotopic (exact) mass is 287 g/mol. The lowest BCUT2D eigenvalue weighted by molar-refractivity contribution is 0.247. The molecule has 0 spiro atoms. The summed E-state index contributed by atoms with van der Waals surface area (Å²) in [6.45, 7) is 9.42. The average Bonchev–Trinajstić information content (AvgIpc) is 2.25. The van der Waals surface area contributed by atoms with Gasteiger partial charge in [-0.05, 0) is 44.0 Å². The van der Waals surface area contributed by atoms with Crippen LogP contribution in [0.5, 0.6) is 0 Å². The summed E-state index contributed by atoms with van der Waals surface area (Å²) < 4.78 is 30.2. The minimum Gasteiger partial charge on any atom is -0.479 e. The number of rotatable bonds is 4. The number of hydrogen-bond acceptors (Lipinski definition) is 5. The van der Waals surface area contributed by atoms with Gasteiger partial charge in [0.25, 0.3) is 0 Å². The van der Waals surface area contributed by atoms with Crippen LogP contribution < -0.4 is 0 Å². The first-order chi connectivity index (χ1) is 8.77. The maximum absolute atomic E-state index is 10.1. The van der Waals surface area contributed by atoms with Crippen molar-refractivity contribution in [3.63, 3.8) is 0 Å². The van der Waals surface area contributed by atoms with Crippen molar-refractivity contribution in [3.05, 3.63) is 28.8 Å². The molecular weight excluding hydrogens is 266 g/mol. The Bertz CT molecular complexity index is 463. The molecule has 0 fully saturated rings. The summed E-state index contributed by atoms with van der Waals surface area (Å²) in [5.74, 6) is 0.255. The van der Waals surface area contributed by atoms with E-state index in [1.807, 2.05) is 39.8 Å². The van der Waals surface area contributed by atoms with Gasteiger partial charge < -0.3 is 4.74 Å². The van der Waals surface area contributed by atoms with Gasteiger partial charge in [-0.25, -0.2) is 0 Å². The summed E-state index contributed by atoms with van der Waals surface area (Å²) in [7, 11) is -3.42. The first-order valence-electron chi connectivity index (χ1n) is 6.00. The van der Waals surface area contributed by atoms with Crippen LogP contribution in [0, 0.1) is 20.8 Å². The molecule has 1 rings (SSSR count). The molecular formula is C13H21NO4S. The second-order valence-electron chi connectivity index (χ2n) is 4.34. The molecule has 1 aromatic rings. The fourth-order valence-corrected chi connectivity index (χ4v) is 3.20. The van der Waals surface area contributed by atoms with Gasteiger partial charge in [-0.3, -0.25) is 13.4 Å². The number of hydrogen-bond donors (Lipinski definition) is 2. The third-order valence-electron chi connectivity index (χ3n) is 2.49. The van der Waals surface area contributed by atoms with E-state index in [4.69, 9.17) is 9.02 Å². The Morgan fingerprint density at radius 3 is 2.21 bits per heavy atom. The normalized spacial score (nSPS) is 13.3. The first kappa shape index (κ1) is 15.8. The minimum atomic E-state index is -3.42. The molecule has 0 saturated carbocycles. The van der Waals surface area contributed by atoms with E-state index in [0.29, 0.717) is 11.5 Å². The highest BCUT2D eigenvalue weighted by Gasteiger charge is 2.27. The second kappa shape index (κ2) is 6.27. The molecule has 0 radical (unpaired) electrons. The summed E-state index contributed by atoms with van der Waals surface area (Å²) in [6, 6.07) is 3.75. The summed E-state index contributed by atoms with van der Waals surface area (Å²) in [6.07, 6.45) is 0. The highest BCUT2D eigenvalue weighted by molar-refractivity contribution is 8.20. The van der Waals surface area contributed by atoms with Gasteiger partial charge in [-0.15, -0.1) is 0 Å². The largest absolute Gasteiger partial charge is 0.479 e. The van der Waals surface area contributed by atoms with Crippen molar-refractivity contribution in [2.45, 2.75) is 39.5 Å². The molecule has 0 aliphatic carbocycles. The quantitative estimate of drug-likeness (QED) is 0.498. The van der Waals surface area contributed by atoms with Crippen LogP contribution >= 0.6 is 10.9 Å². The molecule has 6 heteroatoms. The Kier molecular flexibility index (Phi) is 5.22. The van der Waals surface area contributed by atoms with E-state index in [1.165, 1.54) is 0 Å².